The van der Waals surface area contributed by atoms with Crippen LogP contribution >= 0.6 is 38.6 Å². The molecule has 0 saturated heterocycles. The Morgan fingerprint density at radius 2 is 2.39 bits per heavy atom. The summed E-state index contributed by atoms with van der Waals surface area (Å²) in [6, 6.07) is 2.17. The fraction of sp³-hybridized carbons (Fsp3) is 0.250. The first-order valence-corrected chi connectivity index (χ1v) is 8.05. The van der Waals surface area contributed by atoms with Crippen molar-refractivity contribution < 1.29 is 0 Å². The second-order valence-corrected chi connectivity index (χ2v) is 7.52. The lowest BCUT2D eigenvalue weighted by Gasteiger charge is -2.06. The largest absolute Gasteiger partial charge is 0.323 e. The van der Waals surface area contributed by atoms with Crippen molar-refractivity contribution in [1.29, 1.82) is 0 Å². The summed E-state index contributed by atoms with van der Waals surface area (Å²) in [5, 5.41) is 2.03. The Balaban J connectivity index is 1.81. The van der Waals surface area contributed by atoms with E-state index in [1.54, 1.807) is 22.7 Å². The fourth-order valence-corrected chi connectivity index (χ4v) is 4.16. The average molecular weight is 342 g/mol. The van der Waals surface area contributed by atoms with Crippen LogP contribution in [0, 0.1) is 6.92 Å². The Bertz CT molecular complexity index is 634. The molecule has 6 heteroatoms. The van der Waals surface area contributed by atoms with E-state index < -0.39 is 0 Å². The maximum atomic E-state index is 6.24. The standard InChI is InChI=1S/C12H12BrN3S2/c1-7-4-10(18-11(7)13)9(14)5-8-6-16-2-3-17-12(16)15-8/h2-4,6,9H,5,14H2,1H3. The third-order valence-corrected chi connectivity index (χ3v) is 5.85. The second kappa shape index (κ2) is 4.77. The van der Waals surface area contributed by atoms with Crippen molar-refractivity contribution in [2.45, 2.75) is 19.4 Å². The van der Waals surface area contributed by atoms with Gasteiger partial charge in [-0.15, -0.1) is 22.7 Å². The van der Waals surface area contributed by atoms with Crippen LogP contribution < -0.4 is 5.73 Å². The minimum atomic E-state index is 0.0182. The molecule has 0 radical (unpaired) electrons. The smallest absolute Gasteiger partial charge is 0.193 e. The van der Waals surface area contributed by atoms with Gasteiger partial charge in [0.2, 0.25) is 0 Å². The van der Waals surface area contributed by atoms with E-state index in [1.165, 1.54) is 14.2 Å². The van der Waals surface area contributed by atoms with Gasteiger partial charge < -0.3 is 5.73 Å². The number of nitrogens with zero attached hydrogens (tertiary/aromatic N) is 2. The summed E-state index contributed by atoms with van der Waals surface area (Å²) in [4.78, 5) is 6.79. The van der Waals surface area contributed by atoms with Gasteiger partial charge in [0.05, 0.1) is 9.48 Å². The number of halogens is 1. The van der Waals surface area contributed by atoms with Crippen LogP contribution in [0.4, 0.5) is 0 Å². The number of rotatable bonds is 3. The van der Waals surface area contributed by atoms with Crippen LogP contribution in [-0.2, 0) is 6.42 Å². The molecule has 0 amide bonds. The number of nitrogens with two attached hydrogens (primary N) is 1. The summed E-state index contributed by atoms with van der Waals surface area (Å²) in [6.07, 6.45) is 4.86. The lowest BCUT2D eigenvalue weighted by molar-refractivity contribution is 0.723. The van der Waals surface area contributed by atoms with E-state index in [0.717, 1.165) is 17.1 Å². The van der Waals surface area contributed by atoms with Crippen LogP contribution in [0.3, 0.4) is 0 Å². The Hall–Kier alpha value is -0.690. The highest BCUT2D eigenvalue weighted by molar-refractivity contribution is 9.11. The molecule has 3 aromatic rings. The highest BCUT2D eigenvalue weighted by atomic mass is 79.9. The molecular weight excluding hydrogens is 330 g/mol. The molecule has 3 rings (SSSR count). The first kappa shape index (κ1) is 12.3. The predicted octanol–water partition coefficient (Wildman–Crippen LogP) is 3.77. The number of aromatic nitrogens is 2. The van der Waals surface area contributed by atoms with Gasteiger partial charge in [0.25, 0.3) is 0 Å². The summed E-state index contributed by atoms with van der Waals surface area (Å²) in [6.45, 7) is 2.09. The summed E-state index contributed by atoms with van der Waals surface area (Å²) in [5.41, 5.74) is 8.54. The first-order valence-electron chi connectivity index (χ1n) is 5.56. The highest BCUT2D eigenvalue weighted by Crippen LogP contribution is 2.31. The minimum absolute atomic E-state index is 0.0182. The molecule has 3 nitrogen and oxygen atoms in total. The van der Waals surface area contributed by atoms with Crippen LogP contribution in [0.15, 0.2) is 27.6 Å². The lowest BCUT2D eigenvalue weighted by Crippen LogP contribution is -2.11. The van der Waals surface area contributed by atoms with Crippen molar-refractivity contribution in [2.24, 2.45) is 5.73 Å². The molecular formula is C12H12BrN3S2. The Labute approximate surface area is 121 Å². The van der Waals surface area contributed by atoms with E-state index >= 15 is 0 Å². The molecule has 3 aromatic heterocycles. The van der Waals surface area contributed by atoms with Gasteiger partial charge in [-0.2, -0.15) is 0 Å². The third kappa shape index (κ3) is 2.25. The molecule has 0 aliphatic carbocycles. The van der Waals surface area contributed by atoms with E-state index in [9.17, 15) is 0 Å². The number of thiophene rings is 1. The molecule has 0 fully saturated rings. The van der Waals surface area contributed by atoms with Gasteiger partial charge in [-0.1, -0.05) is 0 Å². The maximum absolute atomic E-state index is 6.24. The normalized spacial score (nSPS) is 13.3. The van der Waals surface area contributed by atoms with Gasteiger partial charge in [0, 0.05) is 35.1 Å². The van der Waals surface area contributed by atoms with Gasteiger partial charge in [-0.25, -0.2) is 4.98 Å². The van der Waals surface area contributed by atoms with Crippen molar-refractivity contribution in [2.75, 3.05) is 0 Å². The predicted molar refractivity (Wildman–Crippen MR) is 80.5 cm³/mol. The van der Waals surface area contributed by atoms with Gasteiger partial charge in [0.1, 0.15) is 0 Å². The van der Waals surface area contributed by atoms with Gasteiger partial charge in [-0.3, -0.25) is 4.40 Å². The van der Waals surface area contributed by atoms with E-state index in [4.69, 9.17) is 5.73 Å². The lowest BCUT2D eigenvalue weighted by atomic mass is 10.1. The molecule has 18 heavy (non-hydrogen) atoms. The molecule has 94 valence electrons. The summed E-state index contributed by atoms with van der Waals surface area (Å²) in [7, 11) is 0. The molecule has 2 N–H and O–H groups in total. The summed E-state index contributed by atoms with van der Waals surface area (Å²) >= 11 is 6.89. The molecule has 3 heterocycles. The quantitative estimate of drug-likeness (QED) is 0.787. The number of hydrogen-bond acceptors (Lipinski definition) is 4. The van der Waals surface area contributed by atoms with Crippen molar-refractivity contribution in [3.63, 3.8) is 0 Å². The average Bonchev–Trinajstić information content (AvgIpc) is 2.95. The molecule has 1 unspecified atom stereocenters. The number of fused-ring (bicyclic) bond motifs is 1. The van der Waals surface area contributed by atoms with Crippen LogP contribution in [0.25, 0.3) is 4.96 Å². The van der Waals surface area contributed by atoms with Gasteiger partial charge >= 0.3 is 0 Å². The minimum Gasteiger partial charge on any atom is -0.323 e. The zero-order valence-electron chi connectivity index (χ0n) is 9.76. The molecule has 0 bridgehead atoms. The van der Waals surface area contributed by atoms with E-state index in [0.29, 0.717) is 0 Å². The molecule has 0 spiro atoms. The monoisotopic (exact) mass is 341 g/mol. The van der Waals surface area contributed by atoms with Crippen LogP contribution in [-0.4, -0.2) is 9.38 Å². The van der Waals surface area contributed by atoms with Crippen molar-refractivity contribution in [1.82, 2.24) is 9.38 Å². The molecule has 0 saturated carbocycles. The fourth-order valence-electron chi connectivity index (χ4n) is 1.87. The second-order valence-electron chi connectivity index (χ2n) is 4.24. The van der Waals surface area contributed by atoms with Crippen LogP contribution in [0.2, 0.25) is 0 Å². The van der Waals surface area contributed by atoms with E-state index in [1.807, 2.05) is 16.0 Å². The number of imidazole rings is 1. The Kier molecular flexibility index (Phi) is 3.27. The zero-order valence-corrected chi connectivity index (χ0v) is 13.0. The molecule has 0 aliphatic rings. The molecule has 1 atom stereocenters. The molecule has 0 aromatic carbocycles. The van der Waals surface area contributed by atoms with E-state index in [-0.39, 0.29) is 6.04 Å². The van der Waals surface area contributed by atoms with Gasteiger partial charge in [0.15, 0.2) is 4.96 Å². The highest BCUT2D eigenvalue weighted by Gasteiger charge is 2.13. The van der Waals surface area contributed by atoms with Crippen LogP contribution in [0.5, 0.6) is 0 Å². The summed E-state index contributed by atoms with van der Waals surface area (Å²) < 4.78 is 3.21. The Morgan fingerprint density at radius 1 is 1.56 bits per heavy atom. The van der Waals surface area contributed by atoms with E-state index in [2.05, 4.69) is 40.1 Å². The first-order chi connectivity index (χ1) is 8.63. The zero-order chi connectivity index (χ0) is 12.7. The van der Waals surface area contributed by atoms with Gasteiger partial charge in [-0.05, 0) is 34.5 Å². The third-order valence-electron chi connectivity index (χ3n) is 2.81. The topological polar surface area (TPSA) is 43.3 Å². The maximum Gasteiger partial charge on any atom is 0.193 e. The van der Waals surface area contributed by atoms with Crippen molar-refractivity contribution in [3.8, 4) is 0 Å². The number of aryl methyl sites for hydroxylation is 1. The van der Waals surface area contributed by atoms with Crippen molar-refractivity contribution >= 4 is 43.6 Å². The Morgan fingerprint density at radius 3 is 3.06 bits per heavy atom. The number of hydrogen-bond donors (Lipinski definition) is 1. The molecule has 0 aliphatic heterocycles. The number of thiazole rings is 1. The SMILES string of the molecule is Cc1cc(C(N)Cc2cn3ccsc3n2)sc1Br. The van der Waals surface area contributed by atoms with Crippen molar-refractivity contribution in [3.05, 3.63) is 43.8 Å². The van der Waals surface area contributed by atoms with Crippen LogP contribution in [0.1, 0.15) is 22.2 Å². The summed E-state index contributed by atoms with van der Waals surface area (Å²) in [5.74, 6) is 0.